The van der Waals surface area contributed by atoms with Gasteiger partial charge in [0.05, 0.1) is 17.1 Å². The van der Waals surface area contributed by atoms with Crippen molar-refractivity contribution in [3.63, 3.8) is 0 Å². The van der Waals surface area contributed by atoms with E-state index in [0.29, 0.717) is 0 Å². The minimum absolute atomic E-state index is 0.104. The highest BCUT2D eigenvalue weighted by Crippen LogP contribution is 2.20. The molecule has 1 aliphatic rings. The molecule has 106 valence electrons. The summed E-state index contributed by atoms with van der Waals surface area (Å²) < 4.78 is 0. The van der Waals surface area contributed by atoms with Crippen LogP contribution in [0.3, 0.4) is 0 Å². The smallest absolute Gasteiger partial charge is 0.308 e. The Morgan fingerprint density at radius 3 is 2.63 bits per heavy atom. The predicted octanol–water partition coefficient (Wildman–Crippen LogP) is 2.50. The lowest BCUT2D eigenvalue weighted by Gasteiger charge is -2.18. The van der Waals surface area contributed by atoms with Crippen molar-refractivity contribution in [2.24, 2.45) is 0 Å². The fourth-order valence-electron chi connectivity index (χ4n) is 2.51. The zero-order valence-corrected chi connectivity index (χ0v) is 12.3. The molecule has 2 rings (SSSR count). The maximum Gasteiger partial charge on any atom is 0.308 e. The number of carbonyl (C=O) groups is 1. The third-order valence-corrected chi connectivity index (χ3v) is 4.81. The van der Waals surface area contributed by atoms with Crippen molar-refractivity contribution < 1.29 is 9.90 Å². The molecule has 1 saturated heterocycles. The number of carboxylic acids is 1. The van der Waals surface area contributed by atoms with Gasteiger partial charge in [0.25, 0.3) is 0 Å². The summed E-state index contributed by atoms with van der Waals surface area (Å²) in [4.78, 5) is 18.7. The van der Waals surface area contributed by atoms with E-state index in [9.17, 15) is 4.79 Å². The molecular weight excluding hydrogens is 260 g/mol. The Bertz CT molecular complexity index is 423. The molecule has 1 fully saturated rings. The summed E-state index contributed by atoms with van der Waals surface area (Å²) >= 11 is 1.56. The Labute approximate surface area is 118 Å². The average Bonchev–Trinajstić information content (AvgIpc) is 2.57. The molecule has 0 spiro atoms. The third kappa shape index (κ3) is 4.58. The standard InChI is InChI=1S/C14H22N2O2S/c1-11-12(10-14(17)18)19-13(15-11)6-9-16-7-4-2-3-5-8-16/h2-10H2,1H3,(H,17,18). The highest BCUT2D eigenvalue weighted by atomic mass is 32.1. The first-order chi connectivity index (χ1) is 9.15. The first kappa shape index (κ1) is 14.5. The predicted molar refractivity (Wildman–Crippen MR) is 76.8 cm³/mol. The van der Waals surface area contributed by atoms with Gasteiger partial charge < -0.3 is 10.0 Å². The minimum Gasteiger partial charge on any atom is -0.481 e. The first-order valence-corrected chi connectivity index (χ1v) is 7.86. The number of hydrogen-bond donors (Lipinski definition) is 1. The third-order valence-electron chi connectivity index (χ3n) is 3.59. The lowest BCUT2D eigenvalue weighted by Crippen LogP contribution is -2.26. The molecule has 0 unspecified atom stereocenters. The van der Waals surface area contributed by atoms with Gasteiger partial charge in [-0.2, -0.15) is 0 Å². The molecule has 5 heteroatoms. The van der Waals surface area contributed by atoms with E-state index >= 15 is 0 Å². The Kier molecular flexibility index (Phi) is 5.34. The van der Waals surface area contributed by atoms with Crippen LogP contribution >= 0.6 is 11.3 Å². The van der Waals surface area contributed by atoms with Crippen molar-refractivity contribution in [3.8, 4) is 0 Å². The van der Waals surface area contributed by atoms with E-state index in [-0.39, 0.29) is 6.42 Å². The first-order valence-electron chi connectivity index (χ1n) is 7.04. The van der Waals surface area contributed by atoms with E-state index in [0.717, 1.165) is 28.5 Å². The van der Waals surface area contributed by atoms with Crippen LogP contribution in [-0.4, -0.2) is 40.6 Å². The average molecular weight is 282 g/mol. The summed E-state index contributed by atoms with van der Waals surface area (Å²) in [7, 11) is 0. The van der Waals surface area contributed by atoms with Gasteiger partial charge in [-0.1, -0.05) is 12.8 Å². The molecule has 1 N–H and O–H groups in total. The van der Waals surface area contributed by atoms with Crippen molar-refractivity contribution >= 4 is 17.3 Å². The highest BCUT2D eigenvalue weighted by molar-refractivity contribution is 7.11. The molecule has 19 heavy (non-hydrogen) atoms. The van der Waals surface area contributed by atoms with Crippen LogP contribution in [0.1, 0.15) is 41.3 Å². The summed E-state index contributed by atoms with van der Waals surface area (Å²) in [5.41, 5.74) is 0.887. The Balaban J connectivity index is 1.86. The minimum atomic E-state index is -0.772. The van der Waals surface area contributed by atoms with Gasteiger partial charge >= 0.3 is 5.97 Å². The Hall–Kier alpha value is -0.940. The van der Waals surface area contributed by atoms with E-state index in [1.165, 1.54) is 38.8 Å². The summed E-state index contributed by atoms with van der Waals surface area (Å²) in [6.07, 6.45) is 6.38. The van der Waals surface area contributed by atoms with Crippen molar-refractivity contribution in [2.75, 3.05) is 19.6 Å². The number of likely N-dealkylation sites (tertiary alicyclic amines) is 1. The van der Waals surface area contributed by atoms with Gasteiger partial charge in [0.2, 0.25) is 0 Å². The van der Waals surface area contributed by atoms with Crippen LogP contribution in [0.15, 0.2) is 0 Å². The van der Waals surface area contributed by atoms with Gasteiger partial charge in [-0.3, -0.25) is 4.79 Å². The zero-order valence-electron chi connectivity index (χ0n) is 11.5. The van der Waals surface area contributed by atoms with Gasteiger partial charge in [-0.15, -0.1) is 11.3 Å². The largest absolute Gasteiger partial charge is 0.481 e. The highest BCUT2D eigenvalue weighted by Gasteiger charge is 2.13. The second kappa shape index (κ2) is 7.01. The van der Waals surface area contributed by atoms with Gasteiger partial charge in [-0.05, 0) is 32.9 Å². The molecule has 0 amide bonds. The lowest BCUT2D eigenvalue weighted by molar-refractivity contribution is -0.136. The maximum absolute atomic E-state index is 10.7. The van der Waals surface area contributed by atoms with Crippen molar-refractivity contribution in [1.29, 1.82) is 0 Å². The molecule has 1 aromatic rings. The fraction of sp³-hybridized carbons (Fsp3) is 0.714. The number of aryl methyl sites for hydroxylation is 1. The zero-order chi connectivity index (χ0) is 13.7. The van der Waals surface area contributed by atoms with Crippen LogP contribution < -0.4 is 0 Å². The second-order valence-electron chi connectivity index (χ2n) is 5.19. The van der Waals surface area contributed by atoms with E-state index in [4.69, 9.17) is 5.11 Å². The summed E-state index contributed by atoms with van der Waals surface area (Å²) in [5.74, 6) is -0.772. The van der Waals surface area contributed by atoms with Crippen LogP contribution in [0.4, 0.5) is 0 Å². The van der Waals surface area contributed by atoms with E-state index in [1.54, 1.807) is 11.3 Å². The van der Waals surface area contributed by atoms with E-state index < -0.39 is 5.97 Å². The lowest BCUT2D eigenvalue weighted by atomic mass is 10.2. The molecular formula is C14H22N2O2S. The van der Waals surface area contributed by atoms with Crippen LogP contribution in [0.5, 0.6) is 0 Å². The topological polar surface area (TPSA) is 53.4 Å². The number of aromatic nitrogens is 1. The number of thiazole rings is 1. The van der Waals surface area contributed by atoms with Gasteiger partial charge in [0.1, 0.15) is 0 Å². The molecule has 0 aromatic carbocycles. The number of rotatable bonds is 5. The molecule has 1 aromatic heterocycles. The Morgan fingerprint density at radius 2 is 2.00 bits per heavy atom. The molecule has 0 radical (unpaired) electrons. The summed E-state index contributed by atoms with van der Waals surface area (Å²) in [6.45, 7) is 5.36. The van der Waals surface area contributed by atoms with Crippen LogP contribution in [0.25, 0.3) is 0 Å². The quantitative estimate of drug-likeness (QED) is 0.901. The van der Waals surface area contributed by atoms with Crippen molar-refractivity contribution in [1.82, 2.24) is 9.88 Å². The van der Waals surface area contributed by atoms with Gasteiger partial charge in [0.15, 0.2) is 0 Å². The van der Waals surface area contributed by atoms with Gasteiger partial charge in [-0.25, -0.2) is 4.98 Å². The molecule has 2 heterocycles. The fourth-order valence-corrected chi connectivity index (χ4v) is 3.56. The number of carboxylic acid groups (broad SMARTS) is 1. The number of aliphatic carboxylic acids is 1. The molecule has 4 nitrogen and oxygen atoms in total. The van der Waals surface area contributed by atoms with Crippen LogP contribution in [0, 0.1) is 6.92 Å². The molecule has 1 aliphatic heterocycles. The number of hydrogen-bond acceptors (Lipinski definition) is 4. The Morgan fingerprint density at radius 1 is 1.32 bits per heavy atom. The number of nitrogens with zero attached hydrogens (tertiary/aromatic N) is 2. The summed E-state index contributed by atoms with van der Waals surface area (Å²) in [6, 6.07) is 0. The molecule has 0 aliphatic carbocycles. The van der Waals surface area contributed by atoms with Gasteiger partial charge in [0, 0.05) is 17.8 Å². The van der Waals surface area contributed by atoms with Crippen molar-refractivity contribution in [3.05, 3.63) is 15.6 Å². The van der Waals surface area contributed by atoms with Crippen molar-refractivity contribution in [2.45, 2.75) is 45.4 Å². The van der Waals surface area contributed by atoms with Crippen LogP contribution in [0.2, 0.25) is 0 Å². The monoisotopic (exact) mass is 282 g/mol. The van der Waals surface area contributed by atoms with E-state index in [2.05, 4.69) is 9.88 Å². The summed E-state index contributed by atoms with van der Waals surface area (Å²) in [5, 5.41) is 9.92. The second-order valence-corrected chi connectivity index (χ2v) is 6.36. The molecule has 0 atom stereocenters. The van der Waals surface area contributed by atoms with E-state index in [1.807, 2.05) is 6.92 Å². The normalized spacial score (nSPS) is 17.3. The molecule has 0 bridgehead atoms. The SMILES string of the molecule is Cc1nc(CCN2CCCCCC2)sc1CC(=O)O. The van der Waals surface area contributed by atoms with Crippen LogP contribution in [-0.2, 0) is 17.6 Å². The molecule has 0 saturated carbocycles. The maximum atomic E-state index is 10.7.